The Morgan fingerprint density at radius 1 is 1.03 bits per heavy atom. The minimum atomic E-state index is -0.581. The van der Waals surface area contributed by atoms with Gasteiger partial charge in [0.15, 0.2) is 0 Å². The summed E-state index contributed by atoms with van der Waals surface area (Å²) >= 11 is 0. The van der Waals surface area contributed by atoms with Gasteiger partial charge in [-0.15, -0.1) is 0 Å². The highest BCUT2D eigenvalue weighted by Gasteiger charge is 2.26. The number of phenols is 2. The molecule has 0 fully saturated rings. The number of ether oxygens (including phenoxy) is 1. The maximum atomic E-state index is 13.2. The number of benzene rings is 3. The fourth-order valence-corrected chi connectivity index (χ4v) is 4.39. The minimum Gasteiger partial charge on any atom is -0.508 e. The van der Waals surface area contributed by atoms with E-state index in [0.717, 1.165) is 41.1 Å². The summed E-state index contributed by atoms with van der Waals surface area (Å²) < 4.78 is 5.11. The average molecular weight is 469 g/mol. The Labute approximate surface area is 201 Å². The van der Waals surface area contributed by atoms with Crippen LogP contribution in [-0.2, 0) is 11.2 Å². The number of aryl methyl sites for hydroxylation is 1. The first-order valence-electron chi connectivity index (χ1n) is 11.4. The zero-order valence-electron chi connectivity index (χ0n) is 19.1. The topological polar surface area (TPSA) is 113 Å². The Bertz CT molecular complexity index is 1470. The van der Waals surface area contributed by atoms with Gasteiger partial charge in [-0.3, -0.25) is 4.79 Å². The molecule has 35 heavy (non-hydrogen) atoms. The van der Waals surface area contributed by atoms with Gasteiger partial charge in [-0.05, 0) is 55.7 Å². The van der Waals surface area contributed by atoms with E-state index in [-0.39, 0.29) is 35.4 Å². The molecule has 0 aliphatic carbocycles. The van der Waals surface area contributed by atoms with Crippen molar-refractivity contribution in [2.24, 2.45) is 0 Å². The van der Waals surface area contributed by atoms with E-state index in [1.807, 2.05) is 42.5 Å². The third kappa shape index (κ3) is 4.14. The van der Waals surface area contributed by atoms with Crippen LogP contribution in [0.2, 0.25) is 0 Å². The van der Waals surface area contributed by atoms with Crippen LogP contribution in [-0.4, -0.2) is 45.2 Å². The number of carbonyl (C=O) groups excluding carboxylic acids is 2. The van der Waals surface area contributed by atoms with E-state index in [9.17, 15) is 19.8 Å². The fourth-order valence-electron chi connectivity index (χ4n) is 4.39. The van der Waals surface area contributed by atoms with Crippen molar-refractivity contribution >= 4 is 28.5 Å². The summed E-state index contributed by atoms with van der Waals surface area (Å²) in [5.41, 5.74) is 3.89. The van der Waals surface area contributed by atoms with Crippen molar-refractivity contribution in [2.45, 2.75) is 19.8 Å². The molecule has 2 heterocycles. The lowest BCUT2D eigenvalue weighted by Gasteiger charge is -2.30. The van der Waals surface area contributed by atoms with E-state index >= 15 is 0 Å². The maximum absolute atomic E-state index is 13.2. The summed E-state index contributed by atoms with van der Waals surface area (Å²) in [5.74, 6) is -1.30. The second-order valence-corrected chi connectivity index (χ2v) is 8.24. The third-order valence-electron chi connectivity index (χ3n) is 5.99. The van der Waals surface area contributed by atoms with Crippen LogP contribution in [0.15, 0.2) is 60.7 Å². The first-order chi connectivity index (χ1) is 17.0. The summed E-state index contributed by atoms with van der Waals surface area (Å²) in [6, 6.07) is 17.1. The molecular weight excluding hydrogens is 446 g/mol. The molecule has 2 N–H and O–H groups in total. The predicted octanol–water partition coefficient (Wildman–Crippen LogP) is 4.48. The second-order valence-electron chi connectivity index (χ2n) is 8.24. The molecule has 4 aromatic rings. The molecule has 1 aromatic heterocycles. The summed E-state index contributed by atoms with van der Waals surface area (Å²) in [4.78, 5) is 36.1. The Morgan fingerprint density at radius 2 is 1.86 bits per heavy atom. The number of para-hydroxylation sites is 1. The highest BCUT2D eigenvalue weighted by Crippen LogP contribution is 2.35. The van der Waals surface area contributed by atoms with Gasteiger partial charge in [-0.1, -0.05) is 24.3 Å². The molecule has 176 valence electrons. The maximum Gasteiger partial charge on any atom is 0.376 e. The number of hydrogen-bond acceptors (Lipinski definition) is 7. The summed E-state index contributed by atoms with van der Waals surface area (Å²) in [6.45, 7) is 2.47. The van der Waals surface area contributed by atoms with Crippen LogP contribution < -0.4 is 4.90 Å². The molecular formula is C27H23N3O5. The molecule has 3 aromatic carbocycles. The number of anilines is 1. The number of rotatable bonds is 4. The number of aromatic nitrogens is 2. The van der Waals surface area contributed by atoms with Crippen LogP contribution in [0.3, 0.4) is 0 Å². The highest BCUT2D eigenvalue weighted by molar-refractivity contribution is 6.08. The van der Waals surface area contributed by atoms with Gasteiger partial charge in [0.25, 0.3) is 5.91 Å². The van der Waals surface area contributed by atoms with Crippen LogP contribution in [0.1, 0.15) is 39.9 Å². The molecule has 0 saturated carbocycles. The molecule has 1 aliphatic heterocycles. The van der Waals surface area contributed by atoms with Crippen molar-refractivity contribution in [1.29, 1.82) is 0 Å². The van der Waals surface area contributed by atoms with Crippen LogP contribution in [0, 0.1) is 0 Å². The van der Waals surface area contributed by atoms with Gasteiger partial charge in [0.05, 0.1) is 23.4 Å². The number of carbonyl (C=O) groups is 2. The molecule has 0 saturated heterocycles. The Kier molecular flexibility index (Phi) is 5.78. The first-order valence-corrected chi connectivity index (χ1v) is 11.4. The van der Waals surface area contributed by atoms with Crippen molar-refractivity contribution in [1.82, 2.24) is 9.97 Å². The number of nitrogens with zero attached hydrogens (tertiary/aromatic N) is 3. The largest absolute Gasteiger partial charge is 0.508 e. The first kappa shape index (κ1) is 22.3. The number of fused-ring (bicyclic) bond motifs is 2. The smallest absolute Gasteiger partial charge is 0.376 e. The lowest BCUT2D eigenvalue weighted by molar-refractivity contribution is 0.0512. The molecule has 1 aliphatic rings. The van der Waals surface area contributed by atoms with E-state index in [1.54, 1.807) is 11.8 Å². The average Bonchev–Trinajstić information content (AvgIpc) is 2.87. The molecule has 5 rings (SSSR count). The Morgan fingerprint density at radius 3 is 2.66 bits per heavy atom. The molecule has 1 amide bonds. The zero-order chi connectivity index (χ0) is 24.5. The molecule has 0 bridgehead atoms. The molecule has 0 spiro atoms. The fraction of sp³-hybridized carbons (Fsp3) is 0.185. The van der Waals surface area contributed by atoms with Crippen LogP contribution in [0.25, 0.3) is 22.2 Å². The third-order valence-corrected chi connectivity index (χ3v) is 5.99. The van der Waals surface area contributed by atoms with Gasteiger partial charge in [0.2, 0.25) is 5.82 Å². The zero-order valence-corrected chi connectivity index (χ0v) is 19.1. The normalized spacial score (nSPS) is 12.9. The van der Waals surface area contributed by atoms with Gasteiger partial charge in [-0.2, -0.15) is 0 Å². The van der Waals surface area contributed by atoms with Gasteiger partial charge >= 0.3 is 5.97 Å². The van der Waals surface area contributed by atoms with Gasteiger partial charge < -0.3 is 19.8 Å². The van der Waals surface area contributed by atoms with E-state index < -0.39 is 5.97 Å². The molecule has 0 unspecified atom stereocenters. The van der Waals surface area contributed by atoms with Crippen molar-refractivity contribution in [3.63, 3.8) is 0 Å². The number of esters is 1. The van der Waals surface area contributed by atoms with E-state index in [2.05, 4.69) is 9.97 Å². The van der Waals surface area contributed by atoms with Crippen molar-refractivity contribution in [3.05, 3.63) is 77.6 Å². The van der Waals surface area contributed by atoms with Crippen LogP contribution in [0.5, 0.6) is 11.5 Å². The highest BCUT2D eigenvalue weighted by atomic mass is 16.5. The molecule has 0 radical (unpaired) electrons. The van der Waals surface area contributed by atoms with Crippen molar-refractivity contribution < 1.29 is 24.5 Å². The lowest BCUT2D eigenvalue weighted by atomic mass is 9.96. The lowest BCUT2D eigenvalue weighted by Crippen LogP contribution is -2.35. The standard InChI is InChI=1S/C27H23N3O5/c1-2-35-27(34)25-28-21-8-4-3-7-19(21)24(29-25)17-9-12-22-16(14-17)6-5-13-30(22)26(33)20-11-10-18(31)15-23(20)32/h3-4,7-12,14-15,31-32H,2,5-6,13H2,1H3. The van der Waals surface area contributed by atoms with Gasteiger partial charge in [0, 0.05) is 29.2 Å². The number of aromatic hydroxyl groups is 2. The van der Waals surface area contributed by atoms with Gasteiger partial charge in [0.1, 0.15) is 11.5 Å². The summed E-state index contributed by atoms with van der Waals surface area (Å²) in [6.07, 6.45) is 1.52. The molecule has 0 atom stereocenters. The SMILES string of the molecule is CCOC(=O)c1nc(-c2ccc3c(c2)CCCN3C(=O)c2ccc(O)cc2O)c2ccccc2n1. The monoisotopic (exact) mass is 469 g/mol. The second kappa shape index (κ2) is 9.06. The molecule has 8 nitrogen and oxygen atoms in total. The van der Waals surface area contributed by atoms with Crippen LogP contribution in [0.4, 0.5) is 5.69 Å². The Balaban J connectivity index is 1.57. The van der Waals surface area contributed by atoms with E-state index in [4.69, 9.17) is 4.74 Å². The number of amides is 1. The van der Waals surface area contributed by atoms with Crippen molar-refractivity contribution in [2.75, 3.05) is 18.1 Å². The predicted molar refractivity (Wildman–Crippen MR) is 131 cm³/mol. The summed E-state index contributed by atoms with van der Waals surface area (Å²) in [7, 11) is 0. The Hall–Kier alpha value is -4.46. The van der Waals surface area contributed by atoms with Crippen LogP contribution >= 0.6 is 0 Å². The minimum absolute atomic E-state index is 0.00196. The van der Waals surface area contributed by atoms with E-state index in [1.165, 1.54) is 12.1 Å². The number of hydrogen-bond donors (Lipinski definition) is 2. The summed E-state index contributed by atoms with van der Waals surface area (Å²) in [5, 5.41) is 20.5. The van der Waals surface area contributed by atoms with Crippen molar-refractivity contribution in [3.8, 4) is 22.8 Å². The quantitative estimate of drug-likeness (QED) is 0.424. The van der Waals surface area contributed by atoms with Gasteiger partial charge in [-0.25, -0.2) is 14.8 Å². The molecule has 8 heteroatoms. The number of phenolic OH excluding ortho intramolecular Hbond substituents is 2. The van der Waals surface area contributed by atoms with E-state index in [0.29, 0.717) is 17.8 Å².